The van der Waals surface area contributed by atoms with Crippen molar-refractivity contribution in [3.05, 3.63) is 81.5 Å². The maximum atomic E-state index is 13.8. The Morgan fingerprint density at radius 2 is 1.84 bits per heavy atom. The number of amides is 2. The molecule has 2 aliphatic heterocycles. The number of benzene rings is 2. The van der Waals surface area contributed by atoms with Crippen molar-refractivity contribution in [2.45, 2.75) is 70.5 Å². The molecule has 0 unspecified atom stereocenters. The van der Waals surface area contributed by atoms with Crippen molar-refractivity contribution in [1.29, 1.82) is 0 Å². The first-order valence-electron chi connectivity index (χ1n) is 19.3. The molecule has 8 rings (SSSR count). The smallest absolute Gasteiger partial charge is 0.311 e. The van der Waals surface area contributed by atoms with Crippen molar-refractivity contribution >= 4 is 46.7 Å². The molecule has 12 nitrogen and oxygen atoms in total. The summed E-state index contributed by atoms with van der Waals surface area (Å²) >= 11 is 14.1. The van der Waals surface area contributed by atoms with Crippen LogP contribution in [0.3, 0.4) is 0 Å². The van der Waals surface area contributed by atoms with Crippen molar-refractivity contribution in [2.75, 3.05) is 39.2 Å². The standard InChI is InChI=1S/C42H47Cl2N7O5/c1-50-32-12-18-51(24-41-13-15-42(23-41,16-14-41)40(54)56-3)22-31(32)48-38(50)39(53)49-30-6-4-5-28(35(30)43)29-11-17-46-37(36(29)44)25-7-8-26(33(19-25)55-2)20-45-21-27-9-10-34(52)47-27/h4-8,11,17,19,27,45H,9-10,12-16,18,20-24H2,1-3H3,(H,47,52)(H,49,53)/t27-,41?,42?/m0/s1. The quantitative estimate of drug-likeness (QED) is 0.136. The first-order valence-corrected chi connectivity index (χ1v) is 20.0. The summed E-state index contributed by atoms with van der Waals surface area (Å²) in [6.45, 7) is 3.71. The lowest BCUT2D eigenvalue weighted by Gasteiger charge is -2.35. The predicted octanol–water partition coefficient (Wildman–Crippen LogP) is 6.57. The van der Waals surface area contributed by atoms with Gasteiger partial charge < -0.3 is 30.0 Å². The first kappa shape index (κ1) is 38.4. The van der Waals surface area contributed by atoms with E-state index in [1.54, 1.807) is 25.4 Å². The maximum Gasteiger partial charge on any atom is 0.311 e. The summed E-state index contributed by atoms with van der Waals surface area (Å²) < 4.78 is 12.8. The summed E-state index contributed by atoms with van der Waals surface area (Å²) in [7, 11) is 5.01. The number of hydrogen-bond acceptors (Lipinski definition) is 9. The van der Waals surface area contributed by atoms with E-state index in [0.717, 1.165) is 80.6 Å². The fraction of sp³-hybridized carbons (Fsp3) is 0.452. The zero-order valence-corrected chi connectivity index (χ0v) is 33.5. The Kier molecular flexibility index (Phi) is 10.6. The van der Waals surface area contributed by atoms with E-state index in [1.165, 1.54) is 7.11 Å². The van der Waals surface area contributed by atoms with Gasteiger partial charge in [-0.25, -0.2) is 4.98 Å². The molecule has 1 atom stereocenters. The maximum absolute atomic E-state index is 13.8. The van der Waals surface area contributed by atoms with Crippen LogP contribution in [0.5, 0.6) is 5.75 Å². The number of carbonyl (C=O) groups is 3. The van der Waals surface area contributed by atoms with Gasteiger partial charge in [0.1, 0.15) is 5.75 Å². The molecule has 4 aromatic rings. The van der Waals surface area contributed by atoms with Gasteiger partial charge in [-0.15, -0.1) is 0 Å². The number of aromatic nitrogens is 3. The molecule has 294 valence electrons. The number of rotatable bonds is 12. The molecule has 3 N–H and O–H groups in total. The van der Waals surface area contributed by atoms with E-state index in [2.05, 4.69) is 25.8 Å². The van der Waals surface area contributed by atoms with Gasteiger partial charge in [-0.3, -0.25) is 24.3 Å². The number of nitrogens with zero attached hydrogens (tertiary/aromatic N) is 4. The van der Waals surface area contributed by atoms with Gasteiger partial charge in [0.05, 0.1) is 46.8 Å². The molecule has 4 aliphatic rings. The van der Waals surface area contributed by atoms with Crippen LogP contribution >= 0.6 is 23.2 Å². The number of ether oxygens (including phenoxy) is 2. The molecule has 2 bridgehead atoms. The van der Waals surface area contributed by atoms with E-state index in [4.69, 9.17) is 37.7 Å². The average Bonchev–Trinajstić information content (AvgIpc) is 3.98. The predicted molar refractivity (Wildman–Crippen MR) is 215 cm³/mol. The van der Waals surface area contributed by atoms with E-state index < -0.39 is 0 Å². The van der Waals surface area contributed by atoms with E-state index in [9.17, 15) is 14.4 Å². The molecule has 14 heteroatoms. The Balaban J connectivity index is 0.956. The lowest BCUT2D eigenvalue weighted by Crippen LogP contribution is -2.39. The van der Waals surface area contributed by atoms with Gasteiger partial charge in [0.15, 0.2) is 5.82 Å². The molecular weight excluding hydrogens is 753 g/mol. The van der Waals surface area contributed by atoms with E-state index in [-0.39, 0.29) is 34.7 Å². The van der Waals surface area contributed by atoms with Crippen LogP contribution in [0.4, 0.5) is 5.69 Å². The Hall–Kier alpha value is -4.49. The highest BCUT2D eigenvalue weighted by atomic mass is 35.5. The van der Waals surface area contributed by atoms with Gasteiger partial charge in [0, 0.05) is 92.8 Å². The third kappa shape index (κ3) is 7.17. The molecule has 1 saturated heterocycles. The van der Waals surface area contributed by atoms with Crippen LogP contribution in [-0.4, -0.2) is 77.1 Å². The monoisotopic (exact) mass is 799 g/mol. The minimum atomic E-state index is -0.350. The first-order chi connectivity index (χ1) is 27.0. The number of methoxy groups -OCH3 is 2. The average molecular weight is 801 g/mol. The molecule has 3 fully saturated rings. The van der Waals surface area contributed by atoms with E-state index in [0.29, 0.717) is 70.2 Å². The summed E-state index contributed by atoms with van der Waals surface area (Å²) in [5.74, 6) is 0.701. The summed E-state index contributed by atoms with van der Waals surface area (Å²) in [5, 5.41) is 10.2. The van der Waals surface area contributed by atoms with E-state index >= 15 is 0 Å². The fourth-order valence-electron chi connectivity index (χ4n) is 9.55. The summed E-state index contributed by atoms with van der Waals surface area (Å²) in [6.07, 6.45) is 8.64. The van der Waals surface area contributed by atoms with Crippen LogP contribution < -0.4 is 20.7 Å². The molecule has 4 heterocycles. The third-order valence-electron chi connectivity index (χ3n) is 12.5. The highest BCUT2D eigenvalue weighted by molar-refractivity contribution is 6.39. The minimum Gasteiger partial charge on any atom is -0.496 e. The Bertz CT molecular complexity index is 2200. The number of esters is 1. The second kappa shape index (κ2) is 15.5. The Labute approximate surface area is 336 Å². The SMILES string of the molecule is COC(=O)C12CCC(CN3CCc4c(nc(C(=O)Nc5cccc(-c6ccnc(-c7ccc(CNC[C@@H]8CCC(=O)N8)c(OC)c7)c6Cl)c5Cl)n4C)C3)(CC1)C2. The Morgan fingerprint density at radius 3 is 2.59 bits per heavy atom. The molecule has 2 aliphatic carbocycles. The van der Waals surface area contributed by atoms with Crippen molar-refractivity contribution in [3.8, 4) is 28.1 Å². The summed E-state index contributed by atoms with van der Waals surface area (Å²) in [4.78, 5) is 49.8. The molecule has 2 aromatic carbocycles. The van der Waals surface area contributed by atoms with Crippen LogP contribution in [0.2, 0.25) is 10.0 Å². The number of anilines is 1. The number of pyridine rings is 1. The zero-order chi connectivity index (χ0) is 39.2. The van der Waals surface area contributed by atoms with Crippen molar-refractivity contribution < 1.29 is 23.9 Å². The van der Waals surface area contributed by atoms with Crippen LogP contribution in [0.15, 0.2) is 48.7 Å². The molecule has 56 heavy (non-hydrogen) atoms. The normalized spacial score (nSPS) is 22.9. The largest absolute Gasteiger partial charge is 0.496 e. The molecular formula is C42H47Cl2N7O5. The second-order valence-corrected chi connectivity index (χ2v) is 16.7. The highest BCUT2D eigenvalue weighted by Gasteiger charge is 2.59. The summed E-state index contributed by atoms with van der Waals surface area (Å²) in [5.41, 5.74) is 5.85. The number of carbonyl (C=O) groups excluding carboxylic acids is 3. The molecule has 2 amide bonds. The Morgan fingerprint density at radius 1 is 1.04 bits per heavy atom. The number of imidazole rings is 1. The van der Waals surface area contributed by atoms with Crippen LogP contribution in [0.25, 0.3) is 22.4 Å². The number of halogens is 2. The summed E-state index contributed by atoms with van der Waals surface area (Å²) in [6, 6.07) is 13.2. The highest BCUT2D eigenvalue weighted by Crippen LogP contribution is 2.62. The molecule has 2 aromatic heterocycles. The van der Waals surface area contributed by atoms with Gasteiger partial charge in [-0.2, -0.15) is 0 Å². The lowest BCUT2D eigenvalue weighted by molar-refractivity contribution is -0.152. The molecule has 2 saturated carbocycles. The second-order valence-electron chi connectivity index (χ2n) is 15.9. The zero-order valence-electron chi connectivity index (χ0n) is 32.0. The van der Waals surface area contributed by atoms with Crippen molar-refractivity contribution in [2.24, 2.45) is 17.9 Å². The number of nitrogens with one attached hydrogen (secondary N) is 3. The fourth-order valence-corrected chi connectivity index (χ4v) is 10.1. The van der Waals surface area contributed by atoms with Gasteiger partial charge in [-0.05, 0) is 62.1 Å². The van der Waals surface area contributed by atoms with Gasteiger partial charge in [0.2, 0.25) is 5.91 Å². The molecule has 0 radical (unpaired) electrons. The van der Waals surface area contributed by atoms with Crippen LogP contribution in [0, 0.1) is 10.8 Å². The minimum absolute atomic E-state index is 0.0570. The van der Waals surface area contributed by atoms with Crippen molar-refractivity contribution in [1.82, 2.24) is 30.1 Å². The molecule has 0 spiro atoms. The van der Waals surface area contributed by atoms with E-state index in [1.807, 2.05) is 41.9 Å². The topological polar surface area (TPSA) is 140 Å². The van der Waals surface area contributed by atoms with Crippen LogP contribution in [0.1, 0.15) is 72.5 Å². The van der Waals surface area contributed by atoms with Crippen molar-refractivity contribution in [3.63, 3.8) is 0 Å². The lowest BCUT2D eigenvalue weighted by atomic mass is 9.81. The number of fused-ring (bicyclic) bond motifs is 3. The van der Waals surface area contributed by atoms with Crippen LogP contribution in [-0.2, 0) is 40.9 Å². The number of hydrogen-bond donors (Lipinski definition) is 3. The third-order valence-corrected chi connectivity index (χ3v) is 13.3. The van der Waals surface area contributed by atoms with Gasteiger partial charge >= 0.3 is 5.97 Å². The van der Waals surface area contributed by atoms with Gasteiger partial charge in [-0.1, -0.05) is 47.5 Å². The van der Waals surface area contributed by atoms with Gasteiger partial charge in [0.25, 0.3) is 5.91 Å².